The van der Waals surface area contributed by atoms with Crippen molar-refractivity contribution in [3.05, 3.63) is 27.7 Å². The lowest BCUT2D eigenvalue weighted by molar-refractivity contribution is -0.136. The fourth-order valence-electron chi connectivity index (χ4n) is 2.72. The standard InChI is InChI=1S/C15H20Cl2N2O4S.ClH/c1-10-13(16)5-12(6-14(10)17)24(22,23)19-4-2-3-11(9-19)7-18-8-15(20)21;/h5-6,11,18H,2-4,7-9H2,1H3,(H,20,21);1H. The number of sulfonamides is 1. The summed E-state index contributed by atoms with van der Waals surface area (Å²) in [6.45, 7) is 2.84. The predicted molar refractivity (Wildman–Crippen MR) is 100 cm³/mol. The fraction of sp³-hybridized carbons (Fsp3) is 0.533. The maximum atomic E-state index is 12.8. The molecule has 0 aromatic heterocycles. The van der Waals surface area contributed by atoms with Gasteiger partial charge in [-0.05, 0) is 49.9 Å². The average Bonchev–Trinajstić information content (AvgIpc) is 2.52. The van der Waals surface area contributed by atoms with Gasteiger partial charge < -0.3 is 10.4 Å². The molecular weight excluding hydrogens is 411 g/mol. The Kier molecular flexibility index (Phi) is 8.44. The highest BCUT2D eigenvalue weighted by Gasteiger charge is 2.30. The maximum Gasteiger partial charge on any atom is 0.317 e. The van der Waals surface area contributed by atoms with Crippen molar-refractivity contribution in [3.8, 4) is 0 Å². The molecule has 0 aliphatic carbocycles. The summed E-state index contributed by atoms with van der Waals surface area (Å²) in [4.78, 5) is 10.6. The number of aliphatic carboxylic acids is 1. The molecular formula is C15H21Cl3N2O4S. The van der Waals surface area contributed by atoms with Crippen LogP contribution in [0.4, 0.5) is 0 Å². The van der Waals surface area contributed by atoms with Crippen LogP contribution in [0.15, 0.2) is 17.0 Å². The van der Waals surface area contributed by atoms with Crippen molar-refractivity contribution in [1.82, 2.24) is 9.62 Å². The summed E-state index contributed by atoms with van der Waals surface area (Å²) < 4.78 is 27.1. The first-order valence-electron chi connectivity index (χ1n) is 7.60. The lowest BCUT2D eigenvalue weighted by atomic mass is 10.00. The first-order valence-corrected chi connectivity index (χ1v) is 9.79. The van der Waals surface area contributed by atoms with Crippen LogP contribution in [0, 0.1) is 12.8 Å². The van der Waals surface area contributed by atoms with E-state index in [0.717, 1.165) is 12.8 Å². The van der Waals surface area contributed by atoms with Crippen LogP contribution < -0.4 is 5.32 Å². The third kappa shape index (κ3) is 5.70. The summed E-state index contributed by atoms with van der Waals surface area (Å²) in [6.07, 6.45) is 1.58. The van der Waals surface area contributed by atoms with Gasteiger partial charge in [0.15, 0.2) is 0 Å². The summed E-state index contributed by atoms with van der Waals surface area (Å²) in [7, 11) is -3.68. The molecule has 1 saturated heterocycles. The van der Waals surface area contributed by atoms with Gasteiger partial charge >= 0.3 is 5.97 Å². The van der Waals surface area contributed by atoms with Crippen molar-refractivity contribution >= 4 is 51.6 Å². The molecule has 0 bridgehead atoms. The second-order valence-electron chi connectivity index (χ2n) is 5.91. The number of nitrogens with one attached hydrogen (secondary N) is 1. The number of halogens is 3. The third-order valence-corrected chi connectivity index (χ3v) is 6.71. The van der Waals surface area contributed by atoms with Crippen molar-refractivity contribution in [1.29, 1.82) is 0 Å². The predicted octanol–water partition coefficient (Wildman–Crippen LogP) is 2.80. The Morgan fingerprint density at radius 1 is 1.36 bits per heavy atom. The Balaban J connectivity index is 0.00000312. The highest BCUT2D eigenvalue weighted by Crippen LogP contribution is 2.30. The molecule has 2 N–H and O–H groups in total. The van der Waals surface area contributed by atoms with Crippen LogP contribution in [-0.4, -0.2) is 50.0 Å². The number of rotatable bonds is 6. The van der Waals surface area contributed by atoms with Crippen LogP contribution >= 0.6 is 35.6 Å². The normalized spacial score (nSPS) is 18.6. The molecule has 1 aromatic rings. The number of carboxylic acid groups (broad SMARTS) is 1. The number of hydrogen-bond acceptors (Lipinski definition) is 4. The molecule has 1 atom stereocenters. The van der Waals surface area contributed by atoms with E-state index in [-0.39, 0.29) is 29.8 Å². The third-order valence-electron chi connectivity index (χ3n) is 4.08. The van der Waals surface area contributed by atoms with Crippen molar-refractivity contribution in [2.45, 2.75) is 24.7 Å². The molecule has 0 amide bonds. The van der Waals surface area contributed by atoms with Gasteiger partial charge in [0.25, 0.3) is 0 Å². The molecule has 1 unspecified atom stereocenters. The number of piperidine rings is 1. The van der Waals surface area contributed by atoms with E-state index in [1.54, 1.807) is 6.92 Å². The van der Waals surface area contributed by atoms with E-state index >= 15 is 0 Å². The minimum atomic E-state index is -3.68. The van der Waals surface area contributed by atoms with Gasteiger partial charge in [0.1, 0.15) is 0 Å². The largest absolute Gasteiger partial charge is 0.480 e. The van der Waals surface area contributed by atoms with Gasteiger partial charge in [0.2, 0.25) is 10.0 Å². The lowest BCUT2D eigenvalue weighted by Gasteiger charge is -2.32. The van der Waals surface area contributed by atoms with Crippen LogP contribution in [0.3, 0.4) is 0 Å². The number of carboxylic acids is 1. The van der Waals surface area contributed by atoms with Gasteiger partial charge in [0.05, 0.1) is 11.4 Å². The quantitative estimate of drug-likeness (QED) is 0.723. The number of benzene rings is 1. The molecule has 10 heteroatoms. The number of hydrogen-bond donors (Lipinski definition) is 2. The zero-order chi connectivity index (χ0) is 17.9. The van der Waals surface area contributed by atoms with Gasteiger partial charge in [-0.1, -0.05) is 23.2 Å². The van der Waals surface area contributed by atoms with Gasteiger partial charge in [-0.15, -0.1) is 12.4 Å². The smallest absolute Gasteiger partial charge is 0.317 e. The second kappa shape index (κ2) is 9.39. The molecule has 25 heavy (non-hydrogen) atoms. The summed E-state index contributed by atoms with van der Waals surface area (Å²) in [6, 6.07) is 2.84. The number of nitrogens with zero attached hydrogens (tertiary/aromatic N) is 1. The second-order valence-corrected chi connectivity index (χ2v) is 8.66. The van der Waals surface area contributed by atoms with Gasteiger partial charge in [-0.25, -0.2) is 8.42 Å². The monoisotopic (exact) mass is 430 g/mol. The fourth-order valence-corrected chi connectivity index (χ4v) is 4.94. The van der Waals surface area contributed by atoms with Crippen molar-refractivity contribution in [2.24, 2.45) is 5.92 Å². The van der Waals surface area contributed by atoms with Gasteiger partial charge in [0, 0.05) is 23.1 Å². The summed E-state index contributed by atoms with van der Waals surface area (Å²) >= 11 is 12.1. The molecule has 2 rings (SSSR count). The van der Waals surface area contributed by atoms with E-state index in [0.29, 0.717) is 35.2 Å². The van der Waals surface area contributed by atoms with Crippen LogP contribution in [-0.2, 0) is 14.8 Å². The minimum Gasteiger partial charge on any atom is -0.480 e. The zero-order valence-corrected chi connectivity index (χ0v) is 16.8. The van der Waals surface area contributed by atoms with E-state index in [1.165, 1.54) is 16.4 Å². The molecule has 142 valence electrons. The zero-order valence-electron chi connectivity index (χ0n) is 13.7. The first-order chi connectivity index (χ1) is 11.2. The van der Waals surface area contributed by atoms with Crippen LogP contribution in [0.25, 0.3) is 0 Å². The van der Waals surface area contributed by atoms with Crippen molar-refractivity contribution < 1.29 is 18.3 Å². The Hall–Kier alpha value is -0.570. The topological polar surface area (TPSA) is 86.7 Å². The van der Waals surface area contributed by atoms with E-state index in [1.807, 2.05) is 0 Å². The highest BCUT2D eigenvalue weighted by atomic mass is 35.5. The van der Waals surface area contributed by atoms with Crippen LogP contribution in [0.1, 0.15) is 18.4 Å². The Morgan fingerprint density at radius 2 is 1.96 bits per heavy atom. The molecule has 1 aromatic carbocycles. The van der Waals surface area contributed by atoms with Crippen molar-refractivity contribution in [2.75, 3.05) is 26.2 Å². The summed E-state index contributed by atoms with van der Waals surface area (Å²) in [5.41, 5.74) is 0.645. The van der Waals surface area contributed by atoms with Crippen molar-refractivity contribution in [3.63, 3.8) is 0 Å². The summed E-state index contributed by atoms with van der Waals surface area (Å²) in [5, 5.41) is 12.1. The van der Waals surface area contributed by atoms with Crippen LogP contribution in [0.2, 0.25) is 10.0 Å². The minimum absolute atomic E-state index is 0. The molecule has 1 aliphatic heterocycles. The Labute approximate surface area is 163 Å². The van der Waals surface area contributed by atoms with Gasteiger partial charge in [-0.3, -0.25) is 4.79 Å². The molecule has 0 spiro atoms. The van der Waals surface area contributed by atoms with E-state index in [4.69, 9.17) is 28.3 Å². The summed E-state index contributed by atoms with van der Waals surface area (Å²) in [5.74, 6) is -0.858. The van der Waals surface area contributed by atoms with Gasteiger partial charge in [-0.2, -0.15) is 4.31 Å². The molecule has 6 nitrogen and oxygen atoms in total. The number of carbonyl (C=O) groups is 1. The molecule has 0 saturated carbocycles. The van der Waals surface area contributed by atoms with E-state index in [9.17, 15) is 13.2 Å². The maximum absolute atomic E-state index is 12.8. The van der Waals surface area contributed by atoms with Crippen LogP contribution in [0.5, 0.6) is 0 Å². The molecule has 0 radical (unpaired) electrons. The average molecular weight is 432 g/mol. The Morgan fingerprint density at radius 3 is 2.52 bits per heavy atom. The molecule has 1 aliphatic rings. The highest BCUT2D eigenvalue weighted by molar-refractivity contribution is 7.89. The van der Waals surface area contributed by atoms with E-state index in [2.05, 4.69) is 5.32 Å². The van der Waals surface area contributed by atoms with E-state index < -0.39 is 16.0 Å². The lowest BCUT2D eigenvalue weighted by Crippen LogP contribution is -2.43. The molecule has 1 heterocycles. The first kappa shape index (κ1) is 22.5. The molecule has 1 fully saturated rings. The SMILES string of the molecule is Cc1c(Cl)cc(S(=O)(=O)N2CCCC(CNCC(=O)O)C2)cc1Cl.Cl. The Bertz CT molecular complexity index is 704.